The van der Waals surface area contributed by atoms with Gasteiger partial charge in [0.05, 0.1) is 0 Å². The summed E-state index contributed by atoms with van der Waals surface area (Å²) in [7, 11) is -4.60. The zero-order valence-electron chi connectivity index (χ0n) is 6.27. The van der Waals surface area contributed by atoms with Crippen LogP contribution in [-0.4, -0.2) is 48.8 Å². The van der Waals surface area contributed by atoms with Crippen molar-refractivity contribution in [1.29, 1.82) is 0 Å². The molecule has 1 aromatic rings. The fourth-order valence-electron chi connectivity index (χ4n) is 0.791. The number of benzene rings is 1. The third-order valence-electron chi connectivity index (χ3n) is 1.37. The molecular weight excluding hydrogens is 222 g/mol. The van der Waals surface area contributed by atoms with Crippen molar-refractivity contribution in [3.05, 3.63) is 29.6 Å². The molecule has 0 unspecified atom stereocenters. The molecule has 0 aliphatic heterocycles. The first-order valence-corrected chi connectivity index (χ1v) is 4.61. The molecule has 7 heteroatoms. The van der Waals surface area contributed by atoms with Crippen LogP contribution in [0.25, 0.3) is 0 Å². The average molecular weight is 228 g/mol. The van der Waals surface area contributed by atoms with Crippen molar-refractivity contribution in [2.45, 2.75) is 4.90 Å². The predicted molar refractivity (Wildman–Crippen MR) is 48.8 cm³/mol. The molecule has 0 amide bonds. The molecule has 14 heavy (non-hydrogen) atoms. The van der Waals surface area contributed by atoms with E-state index in [0.29, 0.717) is 6.29 Å². The number of halogens is 1. The summed E-state index contributed by atoms with van der Waals surface area (Å²) in [5.74, 6) is -1.09. The summed E-state index contributed by atoms with van der Waals surface area (Å²) in [5, 5.41) is 0. The van der Waals surface area contributed by atoms with Gasteiger partial charge in [0, 0.05) is 5.56 Å². The van der Waals surface area contributed by atoms with Crippen molar-refractivity contribution in [2.75, 3.05) is 0 Å². The van der Waals surface area contributed by atoms with Gasteiger partial charge in [0.1, 0.15) is 17.0 Å². The fraction of sp³-hybridized carbons (Fsp3) is 0. The zero-order valence-corrected chi connectivity index (χ0v) is 7.08. The second-order valence-corrected chi connectivity index (χ2v) is 3.67. The molecule has 4 nitrogen and oxygen atoms in total. The normalized spacial score (nSPS) is 10.4. The number of hydrogen-bond acceptors (Lipinski definition) is 3. The molecule has 0 aromatic heterocycles. The van der Waals surface area contributed by atoms with E-state index in [1.165, 1.54) is 0 Å². The van der Waals surface area contributed by atoms with E-state index >= 15 is 0 Å². The minimum absolute atomic E-state index is 0. The Hall–Kier alpha value is -0.270. The van der Waals surface area contributed by atoms with Crippen LogP contribution in [0.4, 0.5) is 4.39 Å². The molecule has 0 saturated heterocycles. The Morgan fingerprint density at radius 2 is 1.93 bits per heavy atom. The van der Waals surface area contributed by atoms with Crippen LogP contribution in [0.1, 0.15) is 10.4 Å². The number of carbonyl (C=O) groups excluding carboxylic acids is 1. The van der Waals surface area contributed by atoms with Crippen LogP contribution in [0.3, 0.4) is 0 Å². The van der Waals surface area contributed by atoms with Crippen LogP contribution in [-0.2, 0) is 10.1 Å². The van der Waals surface area contributed by atoms with Crippen molar-refractivity contribution >= 4 is 46.0 Å². The zero-order chi connectivity index (χ0) is 10.1. The molecule has 0 radical (unpaired) electrons. The molecule has 1 N–H and O–H groups in total. The first-order chi connectivity index (χ1) is 5.95. The van der Waals surface area contributed by atoms with Gasteiger partial charge in [0.25, 0.3) is 10.1 Å². The third-order valence-corrected chi connectivity index (χ3v) is 2.24. The minimum atomic E-state index is -4.60. The molecule has 0 spiro atoms. The van der Waals surface area contributed by atoms with E-state index in [1.807, 2.05) is 0 Å². The Bertz CT molecular complexity index is 443. The topological polar surface area (TPSA) is 71.4 Å². The summed E-state index contributed by atoms with van der Waals surface area (Å²) in [6.07, 6.45) is 0.355. The van der Waals surface area contributed by atoms with Crippen LogP contribution >= 0.6 is 0 Å². The van der Waals surface area contributed by atoms with E-state index in [4.69, 9.17) is 4.55 Å². The molecule has 0 bridgehead atoms. The van der Waals surface area contributed by atoms with Gasteiger partial charge < -0.3 is 0 Å². The van der Waals surface area contributed by atoms with Crippen molar-refractivity contribution < 1.29 is 22.2 Å². The van der Waals surface area contributed by atoms with E-state index in [0.717, 1.165) is 18.2 Å². The Morgan fingerprint density at radius 1 is 1.36 bits per heavy atom. The molecule has 72 valence electrons. The Labute approximate surface area is 102 Å². The van der Waals surface area contributed by atoms with Gasteiger partial charge >= 0.3 is 29.6 Å². The van der Waals surface area contributed by atoms with Crippen molar-refractivity contribution in [3.8, 4) is 0 Å². The summed E-state index contributed by atoms with van der Waals surface area (Å²) in [5.41, 5.74) is -0.0194. The van der Waals surface area contributed by atoms with E-state index in [1.54, 1.807) is 0 Å². The Morgan fingerprint density at radius 3 is 2.36 bits per heavy atom. The number of carbonyl (C=O) groups is 1. The number of hydrogen-bond donors (Lipinski definition) is 1. The quantitative estimate of drug-likeness (QED) is 0.447. The molecule has 0 aliphatic rings. The summed E-state index contributed by atoms with van der Waals surface area (Å²) >= 11 is 0. The second-order valence-electron chi connectivity index (χ2n) is 2.28. The molecule has 1 rings (SSSR count). The first kappa shape index (κ1) is 13.7. The average Bonchev–Trinajstić information content (AvgIpc) is 2.03. The van der Waals surface area contributed by atoms with Gasteiger partial charge in [-0.2, -0.15) is 8.42 Å². The van der Waals surface area contributed by atoms with Gasteiger partial charge in [0.15, 0.2) is 0 Å². The van der Waals surface area contributed by atoms with Gasteiger partial charge in [0.2, 0.25) is 0 Å². The molecule has 0 fully saturated rings. The third kappa shape index (κ3) is 3.14. The molecule has 0 saturated carbocycles. The Balaban J connectivity index is 0.00000169. The number of aldehydes is 1. The summed E-state index contributed by atoms with van der Waals surface area (Å²) < 4.78 is 42.3. The van der Waals surface area contributed by atoms with Crippen molar-refractivity contribution in [2.24, 2.45) is 0 Å². The standard InChI is InChI=1S/C7H5FO4S.Na.H/c8-6-2-1-5(4-9)3-7(6)13(10,11)12;;/h1-4H,(H,10,11,12);;. The summed E-state index contributed by atoms with van der Waals surface area (Å²) in [4.78, 5) is 9.31. The van der Waals surface area contributed by atoms with Crippen molar-refractivity contribution in [1.82, 2.24) is 0 Å². The van der Waals surface area contributed by atoms with Gasteiger partial charge in [-0.05, 0) is 18.2 Å². The van der Waals surface area contributed by atoms with Crippen LogP contribution in [0.15, 0.2) is 23.1 Å². The first-order valence-electron chi connectivity index (χ1n) is 3.17. The predicted octanol–water partition coefficient (Wildman–Crippen LogP) is 0.236. The van der Waals surface area contributed by atoms with Gasteiger partial charge in [-0.15, -0.1) is 0 Å². The van der Waals surface area contributed by atoms with Crippen LogP contribution < -0.4 is 0 Å². The number of rotatable bonds is 2. The van der Waals surface area contributed by atoms with Gasteiger partial charge in [-0.1, -0.05) is 0 Å². The van der Waals surface area contributed by atoms with E-state index < -0.39 is 20.8 Å². The summed E-state index contributed by atoms with van der Waals surface area (Å²) in [6, 6.07) is 2.67. The monoisotopic (exact) mass is 228 g/mol. The van der Waals surface area contributed by atoms with E-state index in [2.05, 4.69) is 0 Å². The summed E-state index contributed by atoms with van der Waals surface area (Å²) in [6.45, 7) is 0. The molecule has 0 heterocycles. The Kier molecular flexibility index (Phi) is 4.90. The maximum atomic E-state index is 12.7. The second kappa shape index (κ2) is 4.99. The molecule has 0 atom stereocenters. The maximum absolute atomic E-state index is 12.7. The molecule has 0 aliphatic carbocycles. The van der Waals surface area contributed by atoms with Gasteiger partial charge in [-0.25, -0.2) is 4.39 Å². The SMILES string of the molecule is O=Cc1ccc(F)c(S(=O)(=O)O)c1.[NaH]. The molecular formula is C7H6FNaO4S. The van der Waals surface area contributed by atoms with E-state index in [-0.39, 0.29) is 35.1 Å². The van der Waals surface area contributed by atoms with Crippen LogP contribution in [0, 0.1) is 5.82 Å². The van der Waals surface area contributed by atoms with Crippen LogP contribution in [0.5, 0.6) is 0 Å². The fourth-order valence-corrected chi connectivity index (χ4v) is 1.39. The molecule has 1 aromatic carbocycles. The van der Waals surface area contributed by atoms with E-state index in [9.17, 15) is 17.6 Å². The van der Waals surface area contributed by atoms with Crippen molar-refractivity contribution in [3.63, 3.8) is 0 Å². The van der Waals surface area contributed by atoms with Crippen LogP contribution in [0.2, 0.25) is 0 Å². The van der Waals surface area contributed by atoms with Gasteiger partial charge in [-0.3, -0.25) is 9.35 Å².